The molecule has 2 aromatic carbocycles. The van der Waals surface area contributed by atoms with E-state index in [2.05, 4.69) is 24.0 Å². The van der Waals surface area contributed by atoms with Gasteiger partial charge in [0.2, 0.25) is 0 Å². The average molecular weight is 396 g/mol. The fraction of sp³-hybridized carbons (Fsp3) is 0.238. The Bertz CT molecular complexity index is 967. The van der Waals surface area contributed by atoms with Gasteiger partial charge in [-0.05, 0) is 62.4 Å². The Labute approximate surface area is 168 Å². The molecule has 0 aromatic heterocycles. The van der Waals surface area contributed by atoms with Gasteiger partial charge in [-0.2, -0.15) is 0 Å². The average Bonchev–Trinajstić information content (AvgIpc) is 3.18. The van der Waals surface area contributed by atoms with E-state index < -0.39 is 0 Å². The van der Waals surface area contributed by atoms with Gasteiger partial charge in [0, 0.05) is 18.0 Å². The molecule has 0 atom stereocenters. The molecule has 0 radical (unpaired) electrons. The van der Waals surface area contributed by atoms with Crippen molar-refractivity contribution >= 4 is 46.0 Å². The van der Waals surface area contributed by atoms with E-state index in [-0.39, 0.29) is 5.91 Å². The summed E-state index contributed by atoms with van der Waals surface area (Å²) in [4.78, 5) is 23.9. The summed E-state index contributed by atoms with van der Waals surface area (Å²) < 4.78 is 0. The van der Waals surface area contributed by atoms with E-state index in [9.17, 15) is 4.79 Å². The number of carbonyl (C=O) groups excluding carboxylic acids is 1. The van der Waals surface area contributed by atoms with Crippen LogP contribution in [0.5, 0.6) is 0 Å². The summed E-state index contributed by atoms with van der Waals surface area (Å²) in [5, 5.41) is 1.77. The van der Waals surface area contributed by atoms with Gasteiger partial charge in [-0.15, -0.1) is 0 Å². The Morgan fingerprint density at radius 2 is 1.74 bits per heavy atom. The molecule has 2 aliphatic heterocycles. The number of rotatable bonds is 3. The van der Waals surface area contributed by atoms with Crippen molar-refractivity contribution in [3.8, 4) is 0 Å². The van der Waals surface area contributed by atoms with Crippen LogP contribution < -0.4 is 4.90 Å². The van der Waals surface area contributed by atoms with Crippen molar-refractivity contribution in [1.29, 1.82) is 0 Å². The Kier molecular flexibility index (Phi) is 5.02. The maximum absolute atomic E-state index is 13.1. The topological polar surface area (TPSA) is 35.9 Å². The molecule has 4 rings (SSSR count). The summed E-state index contributed by atoms with van der Waals surface area (Å²) in [7, 11) is 0. The quantitative estimate of drug-likeness (QED) is 0.654. The van der Waals surface area contributed by atoms with Gasteiger partial charge in [-0.25, -0.2) is 4.99 Å². The van der Waals surface area contributed by atoms with Crippen LogP contribution in [0, 0.1) is 6.92 Å². The van der Waals surface area contributed by atoms with Gasteiger partial charge < -0.3 is 4.90 Å². The van der Waals surface area contributed by atoms with Crippen LogP contribution in [0.2, 0.25) is 0 Å². The van der Waals surface area contributed by atoms with Crippen molar-refractivity contribution in [1.82, 2.24) is 4.90 Å². The summed E-state index contributed by atoms with van der Waals surface area (Å²) in [6, 6.07) is 16.4. The number of hydrogen-bond acceptors (Lipinski definition) is 5. The van der Waals surface area contributed by atoms with Gasteiger partial charge in [0.25, 0.3) is 5.91 Å². The number of likely N-dealkylation sites (N-methyl/N-ethyl adjacent to an activating group) is 1. The van der Waals surface area contributed by atoms with Crippen molar-refractivity contribution in [2.75, 3.05) is 18.0 Å². The standard InChI is InChI=1S/C21H21N3OS2/c1-4-23-16-11-6-7-12-17(16)26-20(23)18-19(25)24(5-2)21(27-18)22-15-10-8-9-14(3)13-15/h6-13H,4-5H2,1-3H3/b20-18-,22-21?. The van der Waals surface area contributed by atoms with E-state index in [1.807, 2.05) is 50.2 Å². The minimum Gasteiger partial charge on any atom is -0.334 e. The van der Waals surface area contributed by atoms with Crippen LogP contribution in [-0.2, 0) is 4.79 Å². The molecule has 138 valence electrons. The predicted molar refractivity (Wildman–Crippen MR) is 116 cm³/mol. The molecule has 2 aliphatic rings. The van der Waals surface area contributed by atoms with Crippen LogP contribution in [0.25, 0.3) is 0 Å². The number of thioether (sulfide) groups is 2. The fourth-order valence-corrected chi connectivity index (χ4v) is 5.68. The van der Waals surface area contributed by atoms with Crippen molar-refractivity contribution < 1.29 is 4.79 Å². The molecule has 0 bridgehead atoms. The molecular weight excluding hydrogens is 374 g/mol. The smallest absolute Gasteiger partial charge is 0.269 e. The first-order valence-corrected chi connectivity index (χ1v) is 10.7. The van der Waals surface area contributed by atoms with Crippen molar-refractivity contribution in [2.24, 2.45) is 4.99 Å². The van der Waals surface area contributed by atoms with Gasteiger partial charge in [-0.3, -0.25) is 9.69 Å². The van der Waals surface area contributed by atoms with E-state index >= 15 is 0 Å². The maximum Gasteiger partial charge on any atom is 0.269 e. The monoisotopic (exact) mass is 395 g/mol. The molecule has 1 saturated heterocycles. The second kappa shape index (κ2) is 7.44. The second-order valence-electron chi connectivity index (χ2n) is 6.33. The number of para-hydroxylation sites is 1. The van der Waals surface area contributed by atoms with E-state index in [4.69, 9.17) is 4.99 Å². The Balaban J connectivity index is 1.75. The first-order chi connectivity index (χ1) is 13.1. The number of anilines is 1. The molecule has 4 nitrogen and oxygen atoms in total. The third-order valence-corrected chi connectivity index (χ3v) is 6.90. The number of aryl methyl sites for hydroxylation is 1. The molecule has 0 N–H and O–H groups in total. The molecule has 2 heterocycles. The van der Waals surface area contributed by atoms with Crippen LogP contribution in [0.3, 0.4) is 0 Å². The van der Waals surface area contributed by atoms with Gasteiger partial charge in [0.05, 0.1) is 11.4 Å². The molecule has 1 fully saturated rings. The molecule has 0 aliphatic carbocycles. The highest BCUT2D eigenvalue weighted by atomic mass is 32.2. The highest BCUT2D eigenvalue weighted by Gasteiger charge is 2.38. The second-order valence-corrected chi connectivity index (χ2v) is 8.34. The van der Waals surface area contributed by atoms with E-state index in [0.29, 0.717) is 6.54 Å². The first-order valence-electron chi connectivity index (χ1n) is 9.06. The van der Waals surface area contributed by atoms with Crippen LogP contribution in [0.15, 0.2) is 68.4 Å². The van der Waals surface area contributed by atoms with Crippen LogP contribution in [0.4, 0.5) is 11.4 Å². The van der Waals surface area contributed by atoms with Gasteiger partial charge in [0.1, 0.15) is 9.93 Å². The number of aliphatic imine (C=N–C) groups is 1. The summed E-state index contributed by atoms with van der Waals surface area (Å²) in [5.74, 6) is 0.0441. The zero-order chi connectivity index (χ0) is 19.0. The molecule has 0 spiro atoms. The highest BCUT2D eigenvalue weighted by Crippen LogP contribution is 2.50. The lowest BCUT2D eigenvalue weighted by Gasteiger charge is -2.19. The largest absolute Gasteiger partial charge is 0.334 e. The number of benzene rings is 2. The number of amidine groups is 1. The molecular formula is C21H21N3OS2. The van der Waals surface area contributed by atoms with Crippen molar-refractivity contribution in [3.05, 3.63) is 64.0 Å². The lowest BCUT2D eigenvalue weighted by molar-refractivity contribution is -0.122. The molecule has 0 saturated carbocycles. The lowest BCUT2D eigenvalue weighted by Crippen LogP contribution is -2.29. The number of amides is 1. The molecule has 6 heteroatoms. The summed E-state index contributed by atoms with van der Waals surface area (Å²) in [5.41, 5.74) is 3.21. The lowest BCUT2D eigenvalue weighted by atomic mass is 10.2. The fourth-order valence-electron chi connectivity index (χ4n) is 3.22. The first kappa shape index (κ1) is 18.2. The van der Waals surface area contributed by atoms with Gasteiger partial charge >= 0.3 is 0 Å². The Hall–Kier alpha value is -2.18. The normalized spacial score (nSPS) is 20.7. The summed E-state index contributed by atoms with van der Waals surface area (Å²) in [6.07, 6.45) is 0. The Morgan fingerprint density at radius 3 is 2.48 bits per heavy atom. The SMILES string of the molecule is CCN1C(=O)/C(=C2/Sc3ccccc3N2CC)SC1=Nc1cccc(C)c1. The van der Waals surface area contributed by atoms with E-state index in [1.165, 1.54) is 22.3 Å². The predicted octanol–water partition coefficient (Wildman–Crippen LogP) is 5.38. The zero-order valence-corrected chi connectivity index (χ0v) is 17.2. The Morgan fingerprint density at radius 1 is 0.963 bits per heavy atom. The number of fused-ring (bicyclic) bond motifs is 1. The number of hydrogen-bond donors (Lipinski definition) is 0. The zero-order valence-electron chi connectivity index (χ0n) is 15.6. The molecule has 27 heavy (non-hydrogen) atoms. The van der Waals surface area contributed by atoms with E-state index in [1.54, 1.807) is 16.7 Å². The minimum atomic E-state index is 0.0441. The van der Waals surface area contributed by atoms with Crippen LogP contribution >= 0.6 is 23.5 Å². The third kappa shape index (κ3) is 3.28. The summed E-state index contributed by atoms with van der Waals surface area (Å²) in [6.45, 7) is 7.59. The van der Waals surface area contributed by atoms with Crippen LogP contribution in [-0.4, -0.2) is 29.1 Å². The summed E-state index contributed by atoms with van der Waals surface area (Å²) >= 11 is 3.16. The maximum atomic E-state index is 13.1. The van der Waals surface area contributed by atoms with Crippen molar-refractivity contribution in [3.63, 3.8) is 0 Å². The number of nitrogens with zero attached hydrogens (tertiary/aromatic N) is 3. The molecule has 2 aromatic rings. The van der Waals surface area contributed by atoms with Gasteiger partial charge in [0.15, 0.2) is 5.17 Å². The highest BCUT2D eigenvalue weighted by molar-refractivity contribution is 8.19. The third-order valence-electron chi connectivity index (χ3n) is 4.52. The van der Waals surface area contributed by atoms with E-state index in [0.717, 1.165) is 32.9 Å². The molecule has 0 unspecified atom stereocenters. The minimum absolute atomic E-state index is 0.0441. The number of carbonyl (C=O) groups is 1. The molecule has 1 amide bonds. The van der Waals surface area contributed by atoms with Gasteiger partial charge in [-0.1, -0.05) is 36.0 Å². The van der Waals surface area contributed by atoms with Crippen molar-refractivity contribution in [2.45, 2.75) is 25.7 Å². The van der Waals surface area contributed by atoms with Crippen LogP contribution in [0.1, 0.15) is 19.4 Å².